The lowest BCUT2D eigenvalue weighted by Gasteiger charge is -1.94. The number of hydrogen-bond donors (Lipinski definition) is 1. The molecule has 0 saturated heterocycles. The fourth-order valence-corrected chi connectivity index (χ4v) is 1.09. The molecule has 0 bridgehead atoms. The summed E-state index contributed by atoms with van der Waals surface area (Å²) in [6.45, 7) is 0.154. The zero-order chi connectivity index (χ0) is 9.97. The highest BCUT2D eigenvalue weighted by molar-refractivity contribution is 5.54. The average molecular weight is 193 g/mol. The number of nitrogens with zero attached hydrogens (tertiary/aromatic N) is 2. The molecular weight excluding hydrogens is 185 g/mol. The van der Waals surface area contributed by atoms with Crippen molar-refractivity contribution in [3.63, 3.8) is 0 Å². The lowest BCUT2D eigenvalue weighted by molar-refractivity contribution is 0.380. The number of halogens is 1. The van der Waals surface area contributed by atoms with Gasteiger partial charge in [0.1, 0.15) is 5.82 Å². The molecule has 0 atom stereocenters. The van der Waals surface area contributed by atoms with Gasteiger partial charge in [-0.05, 0) is 12.1 Å². The fourth-order valence-electron chi connectivity index (χ4n) is 1.09. The van der Waals surface area contributed by atoms with Crippen molar-refractivity contribution in [3.05, 3.63) is 36.0 Å². The summed E-state index contributed by atoms with van der Waals surface area (Å²) >= 11 is 0. The summed E-state index contributed by atoms with van der Waals surface area (Å²) in [7, 11) is 0. The Labute approximate surface area is 79.5 Å². The molecule has 2 aromatic rings. The summed E-state index contributed by atoms with van der Waals surface area (Å²) in [5.74, 6) is 0.142. The number of hydrogen-bond acceptors (Lipinski definition) is 4. The maximum Gasteiger partial charge on any atom is 0.240 e. The Hall–Kier alpha value is -1.75. The molecule has 0 aliphatic carbocycles. The summed E-state index contributed by atoms with van der Waals surface area (Å²) in [6, 6.07) is 6.23. The predicted octanol–water partition coefficient (Wildman–Crippen LogP) is 1.33. The Bertz CT molecular complexity index is 441. The highest BCUT2D eigenvalue weighted by atomic mass is 19.1. The topological polar surface area (TPSA) is 64.9 Å². The molecule has 4 nitrogen and oxygen atoms in total. The second-order valence-corrected chi connectivity index (χ2v) is 2.70. The van der Waals surface area contributed by atoms with Crippen LogP contribution in [0.3, 0.4) is 0 Å². The van der Waals surface area contributed by atoms with E-state index in [0.29, 0.717) is 11.5 Å². The molecule has 0 amide bonds. The van der Waals surface area contributed by atoms with E-state index in [1.165, 1.54) is 6.07 Å². The van der Waals surface area contributed by atoms with Crippen LogP contribution in [0.2, 0.25) is 0 Å². The minimum Gasteiger partial charge on any atom is -0.338 e. The molecule has 2 N–H and O–H groups in total. The molecule has 0 spiro atoms. The number of benzene rings is 1. The second-order valence-electron chi connectivity index (χ2n) is 2.70. The first-order valence-corrected chi connectivity index (χ1v) is 4.09. The van der Waals surface area contributed by atoms with Crippen molar-refractivity contribution in [1.29, 1.82) is 0 Å². The van der Waals surface area contributed by atoms with E-state index in [9.17, 15) is 4.39 Å². The third-order valence-corrected chi connectivity index (χ3v) is 1.76. The van der Waals surface area contributed by atoms with Gasteiger partial charge in [-0.2, -0.15) is 4.98 Å². The second kappa shape index (κ2) is 3.55. The lowest BCUT2D eigenvalue weighted by atomic mass is 10.2. The van der Waals surface area contributed by atoms with Gasteiger partial charge in [-0.1, -0.05) is 17.3 Å². The van der Waals surface area contributed by atoms with Crippen molar-refractivity contribution in [2.24, 2.45) is 5.73 Å². The molecular formula is C9H8FN3O. The largest absolute Gasteiger partial charge is 0.338 e. The van der Waals surface area contributed by atoms with Crippen LogP contribution < -0.4 is 5.73 Å². The summed E-state index contributed by atoms with van der Waals surface area (Å²) in [5.41, 5.74) is 5.60. The monoisotopic (exact) mass is 193 g/mol. The summed E-state index contributed by atoms with van der Waals surface area (Å²) < 4.78 is 18.0. The van der Waals surface area contributed by atoms with Crippen LogP contribution in [0.1, 0.15) is 5.89 Å². The van der Waals surface area contributed by atoms with Crippen molar-refractivity contribution in [2.75, 3.05) is 0 Å². The average Bonchev–Trinajstić information content (AvgIpc) is 2.67. The first kappa shape index (κ1) is 8.83. The van der Waals surface area contributed by atoms with E-state index < -0.39 is 0 Å². The van der Waals surface area contributed by atoms with Crippen LogP contribution in [0.5, 0.6) is 0 Å². The molecule has 14 heavy (non-hydrogen) atoms. The van der Waals surface area contributed by atoms with Crippen molar-refractivity contribution in [2.45, 2.75) is 6.54 Å². The highest BCUT2D eigenvalue weighted by Gasteiger charge is 2.10. The van der Waals surface area contributed by atoms with Gasteiger partial charge in [-0.15, -0.1) is 0 Å². The molecule has 0 fully saturated rings. The standard InChI is InChI=1S/C9H8FN3O/c10-7-4-2-1-3-6(7)9-12-8(5-11)14-13-9/h1-4H,5,11H2. The van der Waals surface area contributed by atoms with E-state index in [2.05, 4.69) is 10.1 Å². The Morgan fingerprint density at radius 2 is 2.14 bits per heavy atom. The first-order valence-electron chi connectivity index (χ1n) is 4.09. The van der Waals surface area contributed by atoms with E-state index in [1.54, 1.807) is 18.2 Å². The molecule has 72 valence electrons. The normalized spacial score (nSPS) is 10.4. The summed E-state index contributed by atoms with van der Waals surface area (Å²) in [5, 5.41) is 3.61. The van der Waals surface area contributed by atoms with Crippen LogP contribution in [0.15, 0.2) is 28.8 Å². The Morgan fingerprint density at radius 3 is 2.79 bits per heavy atom. The van der Waals surface area contributed by atoms with Gasteiger partial charge in [-0.25, -0.2) is 4.39 Å². The van der Waals surface area contributed by atoms with E-state index in [1.807, 2.05) is 0 Å². The van der Waals surface area contributed by atoms with Crippen LogP contribution in [-0.2, 0) is 6.54 Å². The first-order chi connectivity index (χ1) is 6.81. The fraction of sp³-hybridized carbons (Fsp3) is 0.111. The minimum atomic E-state index is -0.378. The SMILES string of the molecule is NCc1nc(-c2ccccc2F)no1. The zero-order valence-electron chi connectivity index (χ0n) is 7.27. The summed E-state index contributed by atoms with van der Waals surface area (Å²) in [6.07, 6.45) is 0. The van der Waals surface area contributed by atoms with Crippen LogP contribution in [-0.4, -0.2) is 10.1 Å². The molecule has 1 aromatic heterocycles. The van der Waals surface area contributed by atoms with E-state index in [4.69, 9.17) is 10.3 Å². The van der Waals surface area contributed by atoms with Gasteiger partial charge in [0.2, 0.25) is 11.7 Å². The third kappa shape index (κ3) is 1.49. The Kier molecular flexibility index (Phi) is 2.24. The molecule has 0 aliphatic heterocycles. The molecule has 0 unspecified atom stereocenters. The minimum absolute atomic E-state index is 0.154. The quantitative estimate of drug-likeness (QED) is 0.781. The van der Waals surface area contributed by atoms with Gasteiger partial charge < -0.3 is 10.3 Å². The van der Waals surface area contributed by atoms with Crippen LogP contribution in [0.25, 0.3) is 11.4 Å². The van der Waals surface area contributed by atoms with Gasteiger partial charge in [0.05, 0.1) is 12.1 Å². The predicted molar refractivity (Wildman–Crippen MR) is 47.6 cm³/mol. The van der Waals surface area contributed by atoms with Crippen LogP contribution in [0, 0.1) is 5.82 Å². The lowest BCUT2D eigenvalue weighted by Crippen LogP contribution is -1.95. The van der Waals surface area contributed by atoms with Crippen molar-refractivity contribution < 1.29 is 8.91 Å². The Balaban J connectivity index is 2.44. The van der Waals surface area contributed by atoms with Crippen molar-refractivity contribution in [3.8, 4) is 11.4 Å². The van der Waals surface area contributed by atoms with Crippen molar-refractivity contribution >= 4 is 0 Å². The van der Waals surface area contributed by atoms with Crippen molar-refractivity contribution in [1.82, 2.24) is 10.1 Å². The Morgan fingerprint density at radius 1 is 1.36 bits per heavy atom. The van der Waals surface area contributed by atoms with E-state index in [0.717, 1.165) is 0 Å². The zero-order valence-corrected chi connectivity index (χ0v) is 7.27. The molecule has 5 heteroatoms. The molecule has 2 rings (SSSR count). The van der Waals surface area contributed by atoms with Gasteiger partial charge >= 0.3 is 0 Å². The summed E-state index contributed by atoms with van der Waals surface area (Å²) in [4.78, 5) is 3.92. The smallest absolute Gasteiger partial charge is 0.240 e. The molecule has 0 radical (unpaired) electrons. The number of nitrogens with two attached hydrogens (primary N) is 1. The maximum absolute atomic E-state index is 13.2. The van der Waals surface area contributed by atoms with Gasteiger partial charge in [-0.3, -0.25) is 0 Å². The number of aromatic nitrogens is 2. The third-order valence-electron chi connectivity index (χ3n) is 1.76. The maximum atomic E-state index is 13.2. The number of rotatable bonds is 2. The van der Waals surface area contributed by atoms with Crippen LogP contribution >= 0.6 is 0 Å². The molecule has 1 aromatic carbocycles. The van der Waals surface area contributed by atoms with Crippen LogP contribution in [0.4, 0.5) is 4.39 Å². The van der Waals surface area contributed by atoms with Gasteiger partial charge in [0.25, 0.3) is 0 Å². The molecule has 1 heterocycles. The molecule has 0 aliphatic rings. The van der Waals surface area contributed by atoms with E-state index >= 15 is 0 Å². The highest BCUT2D eigenvalue weighted by Crippen LogP contribution is 2.18. The van der Waals surface area contributed by atoms with Gasteiger partial charge in [0.15, 0.2) is 0 Å². The van der Waals surface area contributed by atoms with E-state index in [-0.39, 0.29) is 18.2 Å². The molecule has 0 saturated carbocycles. The van der Waals surface area contributed by atoms with Gasteiger partial charge in [0, 0.05) is 0 Å².